The molecular formula is C20H20N6O2. The molecule has 0 aliphatic carbocycles. The van der Waals surface area contributed by atoms with Gasteiger partial charge in [-0.05, 0) is 30.7 Å². The fourth-order valence-electron chi connectivity index (χ4n) is 2.81. The van der Waals surface area contributed by atoms with Crippen LogP contribution in [-0.4, -0.2) is 34.1 Å². The van der Waals surface area contributed by atoms with E-state index in [1.165, 1.54) is 0 Å². The molecule has 1 fully saturated rings. The summed E-state index contributed by atoms with van der Waals surface area (Å²) in [6.07, 6.45) is 0.696. The molecule has 1 saturated heterocycles. The molecule has 2 heterocycles. The van der Waals surface area contributed by atoms with E-state index in [1.54, 1.807) is 0 Å². The number of esters is 1. The van der Waals surface area contributed by atoms with Crippen molar-refractivity contribution in [2.45, 2.75) is 6.42 Å². The third-order valence-electron chi connectivity index (χ3n) is 4.25. The molecule has 142 valence electrons. The van der Waals surface area contributed by atoms with Crippen molar-refractivity contribution in [3.63, 3.8) is 0 Å². The van der Waals surface area contributed by atoms with Crippen molar-refractivity contribution in [2.24, 2.45) is 5.92 Å². The van der Waals surface area contributed by atoms with Gasteiger partial charge in [-0.3, -0.25) is 4.79 Å². The Morgan fingerprint density at radius 1 is 0.821 bits per heavy atom. The molecule has 8 nitrogen and oxygen atoms in total. The molecule has 1 unspecified atom stereocenters. The third kappa shape index (κ3) is 4.53. The van der Waals surface area contributed by atoms with E-state index in [9.17, 15) is 4.79 Å². The highest BCUT2D eigenvalue weighted by molar-refractivity contribution is 5.74. The molecule has 0 saturated carbocycles. The fourth-order valence-corrected chi connectivity index (χ4v) is 2.81. The number of para-hydroxylation sites is 2. The van der Waals surface area contributed by atoms with Crippen molar-refractivity contribution in [1.29, 1.82) is 0 Å². The third-order valence-corrected chi connectivity index (χ3v) is 4.25. The Morgan fingerprint density at radius 2 is 1.36 bits per heavy atom. The molecule has 1 aliphatic heterocycles. The molecule has 28 heavy (non-hydrogen) atoms. The van der Waals surface area contributed by atoms with Crippen LogP contribution in [0.25, 0.3) is 0 Å². The maximum atomic E-state index is 11.7. The lowest BCUT2D eigenvalue weighted by Crippen LogP contribution is -2.20. The smallest absolute Gasteiger partial charge is 0.310 e. The summed E-state index contributed by atoms with van der Waals surface area (Å²) in [5, 5.41) is 9.47. The monoisotopic (exact) mass is 376 g/mol. The van der Waals surface area contributed by atoms with Crippen LogP contribution >= 0.6 is 0 Å². The minimum Gasteiger partial charge on any atom is -0.465 e. The van der Waals surface area contributed by atoms with Crippen LogP contribution in [0.3, 0.4) is 0 Å². The minimum atomic E-state index is -0.188. The molecule has 1 atom stereocenters. The number of carbonyl (C=O) groups excluding carboxylic acids is 1. The molecule has 1 aliphatic rings. The normalized spacial score (nSPS) is 15.7. The van der Waals surface area contributed by atoms with Crippen LogP contribution in [0.1, 0.15) is 6.42 Å². The predicted molar refractivity (Wildman–Crippen MR) is 107 cm³/mol. The van der Waals surface area contributed by atoms with Crippen LogP contribution < -0.4 is 16.0 Å². The quantitative estimate of drug-likeness (QED) is 0.540. The number of ether oxygens (including phenoxy) is 1. The SMILES string of the molecule is O=C1OCCC1CNc1nc(Nc2ccccc2)nc(Nc2ccccc2)n1. The van der Waals surface area contributed by atoms with Crippen LogP contribution in [0.4, 0.5) is 29.2 Å². The Balaban J connectivity index is 1.55. The zero-order valence-corrected chi connectivity index (χ0v) is 15.1. The second-order valence-electron chi connectivity index (χ2n) is 6.32. The maximum absolute atomic E-state index is 11.7. The Hall–Kier alpha value is -3.68. The van der Waals surface area contributed by atoms with E-state index in [2.05, 4.69) is 30.9 Å². The Kier molecular flexibility index (Phi) is 5.28. The topological polar surface area (TPSA) is 101 Å². The van der Waals surface area contributed by atoms with E-state index in [0.29, 0.717) is 37.4 Å². The first-order chi connectivity index (χ1) is 13.8. The zero-order chi connectivity index (χ0) is 19.2. The molecule has 0 amide bonds. The number of rotatable bonds is 7. The number of benzene rings is 2. The highest BCUT2D eigenvalue weighted by atomic mass is 16.5. The molecule has 3 aromatic rings. The number of nitrogens with zero attached hydrogens (tertiary/aromatic N) is 3. The Labute approximate surface area is 162 Å². The van der Waals surface area contributed by atoms with Gasteiger partial charge in [-0.15, -0.1) is 0 Å². The molecular weight excluding hydrogens is 356 g/mol. The average molecular weight is 376 g/mol. The van der Waals surface area contributed by atoms with Gasteiger partial charge in [-0.1, -0.05) is 36.4 Å². The molecule has 8 heteroatoms. The van der Waals surface area contributed by atoms with Gasteiger partial charge in [0.15, 0.2) is 0 Å². The van der Waals surface area contributed by atoms with E-state index in [-0.39, 0.29) is 11.9 Å². The van der Waals surface area contributed by atoms with Gasteiger partial charge in [0.2, 0.25) is 17.8 Å². The van der Waals surface area contributed by atoms with Gasteiger partial charge in [0.1, 0.15) is 0 Å². The van der Waals surface area contributed by atoms with Crippen LogP contribution in [0.2, 0.25) is 0 Å². The first-order valence-corrected chi connectivity index (χ1v) is 9.07. The van der Waals surface area contributed by atoms with Gasteiger partial charge in [-0.25, -0.2) is 0 Å². The Bertz CT molecular complexity index is 876. The number of carbonyl (C=O) groups is 1. The standard InChI is InChI=1S/C20H20N6O2/c27-17-14(11-12-28-17)13-21-18-24-19(22-15-7-3-1-4-8-15)26-20(25-18)23-16-9-5-2-6-10-16/h1-10,14H,11-13H2,(H3,21,22,23,24,25,26). The second-order valence-corrected chi connectivity index (χ2v) is 6.32. The van der Waals surface area contributed by atoms with Gasteiger partial charge in [-0.2, -0.15) is 15.0 Å². The van der Waals surface area contributed by atoms with E-state index in [0.717, 1.165) is 11.4 Å². The van der Waals surface area contributed by atoms with E-state index >= 15 is 0 Å². The highest BCUT2D eigenvalue weighted by Crippen LogP contribution is 2.20. The average Bonchev–Trinajstić information content (AvgIpc) is 3.13. The van der Waals surface area contributed by atoms with Gasteiger partial charge >= 0.3 is 5.97 Å². The molecule has 0 radical (unpaired) electrons. The van der Waals surface area contributed by atoms with E-state index < -0.39 is 0 Å². The number of aromatic nitrogens is 3. The van der Waals surface area contributed by atoms with Crippen molar-refractivity contribution < 1.29 is 9.53 Å². The summed E-state index contributed by atoms with van der Waals surface area (Å²) >= 11 is 0. The van der Waals surface area contributed by atoms with Gasteiger partial charge in [0.25, 0.3) is 0 Å². The molecule has 2 aromatic carbocycles. The van der Waals surface area contributed by atoms with Gasteiger partial charge in [0.05, 0.1) is 12.5 Å². The molecule has 0 spiro atoms. The number of anilines is 5. The summed E-state index contributed by atoms with van der Waals surface area (Å²) in [6, 6.07) is 19.3. The highest BCUT2D eigenvalue weighted by Gasteiger charge is 2.26. The summed E-state index contributed by atoms with van der Waals surface area (Å²) < 4.78 is 5.00. The number of hydrogen-bond donors (Lipinski definition) is 3. The minimum absolute atomic E-state index is 0.187. The largest absolute Gasteiger partial charge is 0.465 e. The van der Waals surface area contributed by atoms with Crippen LogP contribution in [0.5, 0.6) is 0 Å². The molecule has 0 bridgehead atoms. The van der Waals surface area contributed by atoms with Crippen molar-refractivity contribution >= 4 is 35.2 Å². The number of nitrogens with one attached hydrogen (secondary N) is 3. The lowest BCUT2D eigenvalue weighted by Gasteiger charge is -2.12. The van der Waals surface area contributed by atoms with E-state index in [1.807, 2.05) is 60.7 Å². The van der Waals surface area contributed by atoms with Crippen LogP contribution in [-0.2, 0) is 9.53 Å². The summed E-state index contributed by atoms with van der Waals surface area (Å²) in [4.78, 5) is 25.0. The van der Waals surface area contributed by atoms with Crippen LogP contribution in [0.15, 0.2) is 60.7 Å². The van der Waals surface area contributed by atoms with Crippen molar-refractivity contribution in [3.05, 3.63) is 60.7 Å². The first kappa shape index (κ1) is 17.7. The summed E-state index contributed by atoms with van der Waals surface area (Å²) in [5.74, 6) is 0.804. The van der Waals surface area contributed by atoms with Crippen LogP contribution in [0, 0.1) is 5.92 Å². The lowest BCUT2D eigenvalue weighted by atomic mass is 10.1. The summed E-state index contributed by atoms with van der Waals surface area (Å²) in [5.41, 5.74) is 1.73. The molecule has 4 rings (SSSR count). The van der Waals surface area contributed by atoms with Gasteiger partial charge in [0, 0.05) is 17.9 Å². The second kappa shape index (κ2) is 8.34. The summed E-state index contributed by atoms with van der Waals surface area (Å²) in [7, 11) is 0. The first-order valence-electron chi connectivity index (χ1n) is 9.07. The van der Waals surface area contributed by atoms with Gasteiger partial charge < -0.3 is 20.7 Å². The fraction of sp³-hybridized carbons (Fsp3) is 0.200. The molecule has 3 N–H and O–H groups in total. The number of hydrogen-bond acceptors (Lipinski definition) is 8. The molecule has 1 aromatic heterocycles. The Morgan fingerprint density at radius 3 is 1.86 bits per heavy atom. The lowest BCUT2D eigenvalue weighted by molar-refractivity contribution is -0.140. The van der Waals surface area contributed by atoms with Crippen molar-refractivity contribution in [2.75, 3.05) is 29.1 Å². The van der Waals surface area contributed by atoms with E-state index in [4.69, 9.17) is 4.74 Å². The van der Waals surface area contributed by atoms with Crippen molar-refractivity contribution in [1.82, 2.24) is 15.0 Å². The van der Waals surface area contributed by atoms with Crippen molar-refractivity contribution in [3.8, 4) is 0 Å². The summed E-state index contributed by atoms with van der Waals surface area (Å²) in [6.45, 7) is 0.877. The maximum Gasteiger partial charge on any atom is 0.310 e. The zero-order valence-electron chi connectivity index (χ0n) is 15.1. The number of cyclic esters (lactones) is 1. The predicted octanol–water partition coefficient (Wildman–Crippen LogP) is 3.33.